The van der Waals surface area contributed by atoms with E-state index in [-0.39, 0.29) is 10.5 Å². The average molecular weight is 462 g/mol. The van der Waals surface area contributed by atoms with Gasteiger partial charge in [-0.05, 0) is 35.7 Å². The number of piperazine rings is 1. The lowest BCUT2D eigenvalue weighted by molar-refractivity contribution is 0.384. The summed E-state index contributed by atoms with van der Waals surface area (Å²) >= 11 is 1.60. The van der Waals surface area contributed by atoms with Crippen LogP contribution in [0.15, 0.2) is 70.3 Å². The molecule has 9 heteroatoms. The van der Waals surface area contributed by atoms with Crippen LogP contribution in [-0.2, 0) is 10.0 Å². The number of benzene rings is 2. The molecule has 5 rings (SSSR count). The molecule has 0 radical (unpaired) electrons. The van der Waals surface area contributed by atoms with Gasteiger partial charge in [0.1, 0.15) is 11.9 Å². The van der Waals surface area contributed by atoms with Crippen LogP contribution < -0.4 is 4.90 Å². The Morgan fingerprint density at radius 2 is 1.69 bits per heavy atom. The lowest BCUT2D eigenvalue weighted by atomic mass is 10.2. The van der Waals surface area contributed by atoms with Gasteiger partial charge in [-0.25, -0.2) is 18.4 Å². The molecule has 1 aliphatic rings. The lowest BCUT2D eigenvalue weighted by Gasteiger charge is -2.35. The molecule has 0 atom stereocenters. The Kier molecular flexibility index (Phi) is 5.35. The van der Waals surface area contributed by atoms with Crippen molar-refractivity contribution in [2.75, 3.05) is 31.1 Å². The van der Waals surface area contributed by atoms with Crippen molar-refractivity contribution in [3.63, 3.8) is 0 Å². The van der Waals surface area contributed by atoms with Gasteiger partial charge in [0.2, 0.25) is 10.0 Å². The molecule has 0 bridgehead atoms. The van der Waals surface area contributed by atoms with Crippen molar-refractivity contribution < 1.29 is 8.42 Å². The summed E-state index contributed by atoms with van der Waals surface area (Å²) in [5, 5.41) is 14.3. The Labute approximate surface area is 190 Å². The SMILES string of the molecule is N#Cc1ccccc1S(=O)(=O)N1CCN(c2nc(-c3ccsc3)nc3ccccc23)CC1. The number of fused-ring (bicyclic) bond motifs is 1. The van der Waals surface area contributed by atoms with Gasteiger partial charge < -0.3 is 4.90 Å². The first-order valence-corrected chi connectivity index (χ1v) is 12.5. The van der Waals surface area contributed by atoms with Gasteiger partial charge in [-0.15, -0.1) is 0 Å². The molecule has 0 N–H and O–H groups in total. The highest BCUT2D eigenvalue weighted by Gasteiger charge is 2.31. The van der Waals surface area contributed by atoms with Crippen LogP contribution in [0.5, 0.6) is 0 Å². The summed E-state index contributed by atoms with van der Waals surface area (Å²) in [7, 11) is -3.74. The molecule has 1 aliphatic heterocycles. The minimum atomic E-state index is -3.74. The van der Waals surface area contributed by atoms with Crippen LogP contribution in [0.4, 0.5) is 5.82 Å². The number of hydrogen-bond acceptors (Lipinski definition) is 7. The van der Waals surface area contributed by atoms with Crippen LogP contribution in [0.25, 0.3) is 22.3 Å². The molecule has 4 aromatic rings. The minimum absolute atomic E-state index is 0.0585. The van der Waals surface area contributed by atoms with E-state index in [4.69, 9.17) is 9.97 Å². The van der Waals surface area contributed by atoms with Crippen LogP contribution in [0.2, 0.25) is 0 Å². The molecule has 32 heavy (non-hydrogen) atoms. The van der Waals surface area contributed by atoms with Crippen molar-refractivity contribution in [1.82, 2.24) is 14.3 Å². The molecule has 0 aliphatic carbocycles. The second-order valence-corrected chi connectivity index (χ2v) is 10.1. The smallest absolute Gasteiger partial charge is 0.244 e. The fraction of sp³-hybridized carbons (Fsp3) is 0.174. The molecule has 1 saturated heterocycles. The second-order valence-electron chi connectivity index (χ2n) is 7.40. The van der Waals surface area contributed by atoms with Gasteiger partial charge in [-0.1, -0.05) is 24.3 Å². The predicted molar refractivity (Wildman–Crippen MR) is 125 cm³/mol. The molecule has 0 amide bonds. The third-order valence-electron chi connectivity index (χ3n) is 5.53. The molecule has 0 spiro atoms. The first-order valence-electron chi connectivity index (χ1n) is 10.1. The first kappa shape index (κ1) is 20.6. The van der Waals surface area contributed by atoms with Gasteiger partial charge in [0, 0.05) is 42.5 Å². The Morgan fingerprint density at radius 3 is 2.44 bits per heavy atom. The van der Waals surface area contributed by atoms with E-state index < -0.39 is 10.0 Å². The highest BCUT2D eigenvalue weighted by molar-refractivity contribution is 7.89. The largest absolute Gasteiger partial charge is 0.353 e. The number of anilines is 1. The maximum atomic E-state index is 13.2. The van der Waals surface area contributed by atoms with Crippen molar-refractivity contribution in [2.45, 2.75) is 4.90 Å². The summed E-state index contributed by atoms with van der Waals surface area (Å²) in [4.78, 5) is 11.7. The van der Waals surface area contributed by atoms with Gasteiger partial charge >= 0.3 is 0 Å². The van der Waals surface area contributed by atoms with Crippen molar-refractivity contribution >= 4 is 38.1 Å². The summed E-state index contributed by atoms with van der Waals surface area (Å²) in [5.41, 5.74) is 1.99. The monoisotopic (exact) mass is 461 g/mol. The van der Waals surface area contributed by atoms with E-state index in [1.807, 2.05) is 47.2 Å². The highest BCUT2D eigenvalue weighted by Crippen LogP contribution is 2.30. The van der Waals surface area contributed by atoms with E-state index in [1.165, 1.54) is 16.4 Å². The first-order chi connectivity index (χ1) is 15.6. The van der Waals surface area contributed by atoms with E-state index in [1.54, 1.807) is 23.5 Å². The van der Waals surface area contributed by atoms with Gasteiger partial charge in [-0.3, -0.25) is 0 Å². The number of para-hydroxylation sites is 1. The van der Waals surface area contributed by atoms with Crippen molar-refractivity contribution in [3.05, 3.63) is 70.9 Å². The van der Waals surface area contributed by atoms with Crippen LogP contribution >= 0.6 is 11.3 Å². The van der Waals surface area contributed by atoms with E-state index in [0.717, 1.165) is 22.3 Å². The summed E-state index contributed by atoms with van der Waals surface area (Å²) in [6.45, 7) is 1.62. The number of hydrogen-bond donors (Lipinski definition) is 0. The summed E-state index contributed by atoms with van der Waals surface area (Å²) < 4.78 is 27.8. The molecule has 7 nitrogen and oxygen atoms in total. The molecule has 160 valence electrons. The fourth-order valence-electron chi connectivity index (χ4n) is 3.88. The van der Waals surface area contributed by atoms with Gasteiger partial charge in [0.25, 0.3) is 0 Å². The van der Waals surface area contributed by atoms with E-state index >= 15 is 0 Å². The number of thiophene rings is 1. The molecular formula is C23H19N5O2S2. The van der Waals surface area contributed by atoms with E-state index in [2.05, 4.69) is 4.90 Å². The quantitative estimate of drug-likeness (QED) is 0.460. The maximum absolute atomic E-state index is 13.2. The molecule has 2 aromatic heterocycles. The normalized spacial score (nSPS) is 15.0. The fourth-order valence-corrected chi connectivity index (χ4v) is 6.08. The highest BCUT2D eigenvalue weighted by atomic mass is 32.2. The number of rotatable bonds is 4. The van der Waals surface area contributed by atoms with Crippen molar-refractivity contribution in [3.8, 4) is 17.5 Å². The Hall–Kier alpha value is -3.32. The van der Waals surface area contributed by atoms with Crippen LogP contribution in [0.3, 0.4) is 0 Å². The number of aromatic nitrogens is 2. The molecule has 0 saturated carbocycles. The molecule has 0 unspecified atom stereocenters. The zero-order valence-electron chi connectivity index (χ0n) is 17.0. The van der Waals surface area contributed by atoms with Crippen LogP contribution in [0, 0.1) is 11.3 Å². The minimum Gasteiger partial charge on any atom is -0.353 e. The summed E-state index contributed by atoms with van der Waals surface area (Å²) in [6, 6.07) is 18.2. The summed E-state index contributed by atoms with van der Waals surface area (Å²) in [5.74, 6) is 1.48. The van der Waals surface area contributed by atoms with Gasteiger partial charge in [0.05, 0.1) is 16.0 Å². The predicted octanol–water partition coefficient (Wildman–Crippen LogP) is 3.74. The van der Waals surface area contributed by atoms with Gasteiger partial charge in [0.15, 0.2) is 5.82 Å². The Bertz CT molecular complexity index is 1420. The molecular weight excluding hydrogens is 442 g/mol. The Morgan fingerprint density at radius 1 is 0.938 bits per heavy atom. The molecule has 1 fully saturated rings. The van der Waals surface area contributed by atoms with Crippen LogP contribution in [0.1, 0.15) is 5.56 Å². The third kappa shape index (κ3) is 3.62. The number of sulfonamides is 1. The van der Waals surface area contributed by atoms with Crippen LogP contribution in [-0.4, -0.2) is 48.9 Å². The number of nitriles is 1. The second kappa shape index (κ2) is 8.31. The maximum Gasteiger partial charge on any atom is 0.244 e. The van der Waals surface area contributed by atoms with Crippen molar-refractivity contribution in [2.24, 2.45) is 0 Å². The van der Waals surface area contributed by atoms with Crippen molar-refractivity contribution in [1.29, 1.82) is 5.26 Å². The Balaban J connectivity index is 1.45. The third-order valence-corrected chi connectivity index (χ3v) is 8.17. The lowest BCUT2D eigenvalue weighted by Crippen LogP contribution is -2.49. The van der Waals surface area contributed by atoms with Gasteiger partial charge in [-0.2, -0.15) is 20.9 Å². The molecule has 2 aromatic carbocycles. The van der Waals surface area contributed by atoms with E-state index in [0.29, 0.717) is 32.0 Å². The zero-order valence-corrected chi connectivity index (χ0v) is 18.7. The molecule has 3 heterocycles. The summed E-state index contributed by atoms with van der Waals surface area (Å²) in [6.07, 6.45) is 0. The average Bonchev–Trinajstić information content (AvgIpc) is 3.38. The topological polar surface area (TPSA) is 90.2 Å². The standard InChI is InChI=1S/C23H19N5O2S2/c24-15-17-5-1-4-8-21(17)32(29,30)28-12-10-27(11-13-28)23-19-6-2-3-7-20(19)25-22(26-23)18-9-14-31-16-18/h1-9,14,16H,10-13H2. The number of nitrogens with zero attached hydrogens (tertiary/aromatic N) is 5. The van der Waals surface area contributed by atoms with E-state index in [9.17, 15) is 13.7 Å². The zero-order chi connectivity index (χ0) is 22.1.